The Hall–Kier alpha value is -2.18. The summed E-state index contributed by atoms with van der Waals surface area (Å²) in [5.74, 6) is -0.267. The molecule has 1 aromatic carbocycles. The van der Waals surface area contributed by atoms with E-state index < -0.39 is 5.97 Å². The second kappa shape index (κ2) is 6.61. The van der Waals surface area contributed by atoms with Gasteiger partial charge in [-0.05, 0) is 30.5 Å². The number of carbonyl (C=O) groups is 1. The standard InChI is InChI=1S/C18H16ClN3O2S/c19-13-5-3-11(4-6-13)14-9-25-17-15(14)16(20-10-21-17)22-7-1-2-12(8-22)18(23)24/h3-6,9-10,12H,1-2,7-8H2,(H,23,24)/t12-/m1/s1. The van der Waals surface area contributed by atoms with Gasteiger partial charge in [0.05, 0.1) is 11.3 Å². The third-order valence-corrected chi connectivity index (χ3v) is 5.71. The van der Waals surface area contributed by atoms with Crippen molar-refractivity contribution in [3.05, 3.63) is 41.0 Å². The van der Waals surface area contributed by atoms with Gasteiger partial charge >= 0.3 is 5.97 Å². The molecule has 0 aliphatic carbocycles. The van der Waals surface area contributed by atoms with Crippen LogP contribution in [0.3, 0.4) is 0 Å². The van der Waals surface area contributed by atoms with E-state index in [-0.39, 0.29) is 5.92 Å². The number of rotatable bonds is 3. The topological polar surface area (TPSA) is 66.3 Å². The Bertz CT molecular complexity index is 926. The fourth-order valence-corrected chi connectivity index (χ4v) is 4.35. The first-order valence-corrected chi connectivity index (χ1v) is 9.35. The van der Waals surface area contributed by atoms with E-state index in [1.807, 2.05) is 24.3 Å². The van der Waals surface area contributed by atoms with E-state index in [0.717, 1.165) is 40.1 Å². The summed E-state index contributed by atoms with van der Waals surface area (Å²) in [6.45, 7) is 1.29. The summed E-state index contributed by atoms with van der Waals surface area (Å²) in [4.78, 5) is 23.3. The van der Waals surface area contributed by atoms with Crippen molar-refractivity contribution >= 4 is 44.9 Å². The molecule has 1 saturated heterocycles. The zero-order valence-corrected chi connectivity index (χ0v) is 14.9. The van der Waals surface area contributed by atoms with Crippen LogP contribution in [0.2, 0.25) is 5.02 Å². The average Bonchev–Trinajstić information content (AvgIpc) is 3.06. The molecule has 2 aromatic heterocycles. The minimum atomic E-state index is -0.738. The van der Waals surface area contributed by atoms with Crippen molar-refractivity contribution in [3.63, 3.8) is 0 Å². The van der Waals surface area contributed by atoms with Gasteiger partial charge in [-0.1, -0.05) is 23.7 Å². The molecule has 1 aliphatic heterocycles. The fourth-order valence-electron chi connectivity index (χ4n) is 3.31. The first kappa shape index (κ1) is 16.3. The predicted molar refractivity (Wildman–Crippen MR) is 100 cm³/mol. The Kier molecular flexibility index (Phi) is 4.31. The van der Waals surface area contributed by atoms with Gasteiger partial charge in [0.25, 0.3) is 0 Å². The molecule has 1 aliphatic rings. The summed E-state index contributed by atoms with van der Waals surface area (Å²) in [5.41, 5.74) is 2.11. The monoisotopic (exact) mass is 373 g/mol. The van der Waals surface area contributed by atoms with Crippen LogP contribution in [0.25, 0.3) is 21.3 Å². The van der Waals surface area contributed by atoms with Crippen LogP contribution in [-0.2, 0) is 4.79 Å². The smallest absolute Gasteiger partial charge is 0.308 e. The Morgan fingerprint density at radius 3 is 2.84 bits per heavy atom. The quantitative estimate of drug-likeness (QED) is 0.740. The maximum atomic E-state index is 11.4. The molecule has 0 spiro atoms. The van der Waals surface area contributed by atoms with E-state index in [0.29, 0.717) is 18.0 Å². The Balaban J connectivity index is 1.80. The van der Waals surface area contributed by atoms with E-state index >= 15 is 0 Å². The number of aliphatic carboxylic acids is 1. The number of anilines is 1. The number of carboxylic acids is 1. The lowest BCUT2D eigenvalue weighted by molar-refractivity contribution is -0.141. The number of fused-ring (bicyclic) bond motifs is 1. The predicted octanol–water partition coefficient (Wildman–Crippen LogP) is 4.31. The van der Waals surface area contributed by atoms with Crippen molar-refractivity contribution in [1.29, 1.82) is 0 Å². The van der Waals surface area contributed by atoms with Crippen molar-refractivity contribution in [2.45, 2.75) is 12.8 Å². The van der Waals surface area contributed by atoms with Crippen molar-refractivity contribution in [1.82, 2.24) is 9.97 Å². The lowest BCUT2D eigenvalue weighted by Crippen LogP contribution is -2.39. The highest BCUT2D eigenvalue weighted by Gasteiger charge is 2.28. The van der Waals surface area contributed by atoms with E-state index in [9.17, 15) is 9.90 Å². The third kappa shape index (κ3) is 3.07. The van der Waals surface area contributed by atoms with Gasteiger partial charge < -0.3 is 10.0 Å². The highest BCUT2D eigenvalue weighted by Crippen LogP contribution is 2.39. The molecule has 0 unspecified atom stereocenters. The summed E-state index contributed by atoms with van der Waals surface area (Å²) >= 11 is 7.58. The number of thiophene rings is 1. The van der Waals surface area contributed by atoms with Crippen LogP contribution in [0, 0.1) is 5.92 Å². The van der Waals surface area contributed by atoms with Crippen molar-refractivity contribution in [2.24, 2.45) is 5.92 Å². The van der Waals surface area contributed by atoms with Crippen LogP contribution >= 0.6 is 22.9 Å². The molecule has 4 rings (SSSR count). The maximum absolute atomic E-state index is 11.4. The fraction of sp³-hybridized carbons (Fsp3) is 0.278. The van der Waals surface area contributed by atoms with Gasteiger partial charge in [-0.2, -0.15) is 0 Å². The van der Waals surface area contributed by atoms with Gasteiger partial charge in [-0.25, -0.2) is 9.97 Å². The molecule has 0 radical (unpaired) electrons. The van der Waals surface area contributed by atoms with Crippen molar-refractivity contribution < 1.29 is 9.90 Å². The molecule has 1 fully saturated rings. The van der Waals surface area contributed by atoms with E-state index in [4.69, 9.17) is 11.6 Å². The number of halogens is 1. The summed E-state index contributed by atoms with van der Waals surface area (Å²) in [6.07, 6.45) is 3.13. The van der Waals surface area contributed by atoms with Crippen LogP contribution in [0.1, 0.15) is 12.8 Å². The lowest BCUT2D eigenvalue weighted by atomic mass is 9.97. The summed E-state index contributed by atoms with van der Waals surface area (Å²) in [7, 11) is 0. The van der Waals surface area contributed by atoms with Gasteiger partial charge in [0.15, 0.2) is 0 Å². The summed E-state index contributed by atoms with van der Waals surface area (Å²) in [6, 6.07) is 7.70. The van der Waals surface area contributed by atoms with Gasteiger partial charge in [-0.15, -0.1) is 11.3 Å². The molecule has 1 N–H and O–H groups in total. The molecule has 25 heavy (non-hydrogen) atoms. The molecule has 0 saturated carbocycles. The van der Waals surface area contributed by atoms with Gasteiger partial charge in [0.2, 0.25) is 0 Å². The number of hydrogen-bond acceptors (Lipinski definition) is 5. The van der Waals surface area contributed by atoms with Crippen LogP contribution < -0.4 is 4.90 Å². The average molecular weight is 374 g/mol. The van der Waals surface area contributed by atoms with Crippen LogP contribution in [-0.4, -0.2) is 34.1 Å². The number of benzene rings is 1. The Morgan fingerprint density at radius 1 is 1.28 bits per heavy atom. The number of nitrogens with zero attached hydrogens (tertiary/aromatic N) is 3. The highest BCUT2D eigenvalue weighted by atomic mass is 35.5. The molecule has 3 aromatic rings. The Labute approximate surface area is 153 Å². The molecular formula is C18H16ClN3O2S. The first-order valence-electron chi connectivity index (χ1n) is 8.09. The normalized spacial score (nSPS) is 17.8. The van der Waals surface area contributed by atoms with Crippen LogP contribution in [0.15, 0.2) is 36.0 Å². The van der Waals surface area contributed by atoms with Crippen LogP contribution in [0.4, 0.5) is 5.82 Å². The summed E-state index contributed by atoms with van der Waals surface area (Å²) in [5, 5.41) is 13.1. The zero-order chi connectivity index (χ0) is 17.4. The zero-order valence-electron chi connectivity index (χ0n) is 13.4. The number of carboxylic acid groups (broad SMARTS) is 1. The molecule has 128 valence electrons. The minimum absolute atomic E-state index is 0.351. The van der Waals surface area contributed by atoms with E-state index in [2.05, 4.69) is 20.2 Å². The maximum Gasteiger partial charge on any atom is 0.308 e. The Morgan fingerprint density at radius 2 is 2.08 bits per heavy atom. The molecule has 7 heteroatoms. The second-order valence-electron chi connectivity index (χ2n) is 6.16. The molecule has 0 amide bonds. The largest absolute Gasteiger partial charge is 0.481 e. The SMILES string of the molecule is O=C(O)[C@@H]1CCCN(c2ncnc3scc(-c4ccc(Cl)cc4)c23)C1. The van der Waals surface area contributed by atoms with Crippen molar-refractivity contribution in [3.8, 4) is 11.1 Å². The second-order valence-corrected chi connectivity index (χ2v) is 7.45. The number of piperidine rings is 1. The molecular weight excluding hydrogens is 358 g/mol. The molecule has 0 bridgehead atoms. The number of hydrogen-bond donors (Lipinski definition) is 1. The minimum Gasteiger partial charge on any atom is -0.481 e. The lowest BCUT2D eigenvalue weighted by Gasteiger charge is -2.32. The highest BCUT2D eigenvalue weighted by molar-refractivity contribution is 7.17. The van der Waals surface area contributed by atoms with Crippen molar-refractivity contribution in [2.75, 3.05) is 18.0 Å². The number of aromatic nitrogens is 2. The molecule has 1 atom stereocenters. The van der Waals surface area contributed by atoms with Crippen LogP contribution in [0.5, 0.6) is 0 Å². The molecule has 3 heterocycles. The van der Waals surface area contributed by atoms with Gasteiger partial charge in [0, 0.05) is 29.1 Å². The molecule has 5 nitrogen and oxygen atoms in total. The van der Waals surface area contributed by atoms with Gasteiger partial charge in [-0.3, -0.25) is 4.79 Å². The summed E-state index contributed by atoms with van der Waals surface area (Å²) < 4.78 is 0. The third-order valence-electron chi connectivity index (χ3n) is 4.58. The van der Waals surface area contributed by atoms with E-state index in [1.54, 1.807) is 17.7 Å². The van der Waals surface area contributed by atoms with E-state index in [1.165, 1.54) is 0 Å². The van der Waals surface area contributed by atoms with Gasteiger partial charge in [0.1, 0.15) is 17.0 Å². The first-order chi connectivity index (χ1) is 12.1.